The Morgan fingerprint density at radius 3 is 2.64 bits per heavy atom. The van der Waals surface area contributed by atoms with E-state index in [9.17, 15) is 9.59 Å². The van der Waals surface area contributed by atoms with Crippen LogP contribution in [0.25, 0.3) is 0 Å². The summed E-state index contributed by atoms with van der Waals surface area (Å²) in [7, 11) is 1.74. The van der Waals surface area contributed by atoms with Crippen LogP contribution >= 0.6 is 0 Å². The molecule has 0 fully saturated rings. The number of aryl methyl sites for hydroxylation is 1. The maximum Gasteiger partial charge on any atom is 0.176 e. The average molecular weight is 194 g/mol. The molecule has 0 saturated carbocycles. The standard InChI is InChI=1S/C10H14N2O2/c1-4-9(13)7(2)10(14)8-5-11-12(3)6-8/h5-7H,4H2,1-3H3. The van der Waals surface area contributed by atoms with Crippen molar-refractivity contribution in [1.82, 2.24) is 9.78 Å². The monoisotopic (exact) mass is 194 g/mol. The molecule has 1 atom stereocenters. The van der Waals surface area contributed by atoms with Gasteiger partial charge in [-0.1, -0.05) is 6.92 Å². The summed E-state index contributed by atoms with van der Waals surface area (Å²) in [6.07, 6.45) is 3.51. The van der Waals surface area contributed by atoms with Gasteiger partial charge in [0.2, 0.25) is 0 Å². The Labute approximate surface area is 82.9 Å². The van der Waals surface area contributed by atoms with Gasteiger partial charge in [-0.15, -0.1) is 0 Å². The van der Waals surface area contributed by atoms with E-state index in [2.05, 4.69) is 5.10 Å². The first-order chi connectivity index (χ1) is 6.56. The fraction of sp³-hybridized carbons (Fsp3) is 0.500. The molecule has 76 valence electrons. The molecule has 0 aliphatic heterocycles. The lowest BCUT2D eigenvalue weighted by atomic mass is 9.96. The van der Waals surface area contributed by atoms with Crippen LogP contribution in [0, 0.1) is 5.92 Å². The van der Waals surface area contributed by atoms with Gasteiger partial charge in [-0.2, -0.15) is 5.10 Å². The highest BCUT2D eigenvalue weighted by molar-refractivity contribution is 6.10. The summed E-state index contributed by atoms with van der Waals surface area (Å²) in [5, 5.41) is 3.89. The maximum absolute atomic E-state index is 11.7. The first-order valence-electron chi connectivity index (χ1n) is 4.61. The number of carbonyl (C=O) groups is 2. The van der Waals surface area contributed by atoms with E-state index in [1.165, 1.54) is 6.20 Å². The molecule has 1 rings (SSSR count). The summed E-state index contributed by atoms with van der Waals surface area (Å²) in [6.45, 7) is 3.40. The van der Waals surface area contributed by atoms with Crippen LogP contribution in [0.2, 0.25) is 0 Å². The fourth-order valence-electron chi connectivity index (χ4n) is 1.25. The molecule has 14 heavy (non-hydrogen) atoms. The second-order valence-electron chi connectivity index (χ2n) is 3.31. The highest BCUT2D eigenvalue weighted by atomic mass is 16.1. The zero-order valence-corrected chi connectivity index (χ0v) is 8.65. The van der Waals surface area contributed by atoms with E-state index in [1.54, 1.807) is 31.8 Å². The number of rotatable bonds is 4. The van der Waals surface area contributed by atoms with E-state index in [0.717, 1.165) is 0 Å². The minimum absolute atomic E-state index is 0.0288. The van der Waals surface area contributed by atoms with Crippen molar-refractivity contribution in [3.8, 4) is 0 Å². The molecule has 0 aromatic carbocycles. The predicted molar refractivity (Wildman–Crippen MR) is 52.0 cm³/mol. The van der Waals surface area contributed by atoms with Crippen molar-refractivity contribution in [1.29, 1.82) is 0 Å². The molecule has 4 nitrogen and oxygen atoms in total. The molecule has 1 heterocycles. The van der Waals surface area contributed by atoms with Crippen LogP contribution in [0.15, 0.2) is 12.4 Å². The molecule has 1 aromatic heterocycles. The molecule has 0 saturated heterocycles. The van der Waals surface area contributed by atoms with Gasteiger partial charge in [-0.3, -0.25) is 14.3 Å². The van der Waals surface area contributed by atoms with Crippen LogP contribution in [0.5, 0.6) is 0 Å². The number of hydrogen-bond acceptors (Lipinski definition) is 3. The van der Waals surface area contributed by atoms with Gasteiger partial charge in [0.15, 0.2) is 5.78 Å². The number of ketones is 2. The third-order valence-corrected chi connectivity index (χ3v) is 2.21. The van der Waals surface area contributed by atoms with E-state index in [1.807, 2.05) is 0 Å². The van der Waals surface area contributed by atoms with Gasteiger partial charge in [0.25, 0.3) is 0 Å². The Hall–Kier alpha value is -1.45. The molecule has 0 amide bonds. The Bertz CT molecular complexity index is 355. The van der Waals surface area contributed by atoms with E-state index < -0.39 is 5.92 Å². The summed E-state index contributed by atoms with van der Waals surface area (Å²) in [4.78, 5) is 23.0. The van der Waals surface area contributed by atoms with Crippen molar-refractivity contribution in [3.05, 3.63) is 18.0 Å². The smallest absolute Gasteiger partial charge is 0.176 e. The summed E-state index contributed by atoms with van der Waals surface area (Å²) < 4.78 is 1.55. The first kappa shape index (κ1) is 10.6. The number of aromatic nitrogens is 2. The van der Waals surface area contributed by atoms with Crippen molar-refractivity contribution in [2.24, 2.45) is 13.0 Å². The van der Waals surface area contributed by atoms with Gasteiger partial charge in [0, 0.05) is 19.7 Å². The number of nitrogens with zero attached hydrogens (tertiary/aromatic N) is 2. The summed E-state index contributed by atoms with van der Waals surface area (Å²) in [5.74, 6) is -0.729. The van der Waals surface area contributed by atoms with Crippen LogP contribution in [0.3, 0.4) is 0 Å². The molecule has 1 unspecified atom stereocenters. The highest BCUT2D eigenvalue weighted by Gasteiger charge is 2.21. The molecule has 1 aromatic rings. The molecule has 0 N–H and O–H groups in total. The zero-order chi connectivity index (χ0) is 10.7. The zero-order valence-electron chi connectivity index (χ0n) is 8.65. The quantitative estimate of drug-likeness (QED) is 0.535. The summed E-state index contributed by atoms with van der Waals surface area (Å²) in [5.41, 5.74) is 0.502. The van der Waals surface area contributed by atoms with Crippen LogP contribution in [0.4, 0.5) is 0 Å². The topological polar surface area (TPSA) is 52.0 Å². The average Bonchev–Trinajstić information content (AvgIpc) is 2.61. The van der Waals surface area contributed by atoms with Gasteiger partial charge in [-0.25, -0.2) is 0 Å². The first-order valence-corrected chi connectivity index (χ1v) is 4.61. The van der Waals surface area contributed by atoms with Crippen LogP contribution in [-0.2, 0) is 11.8 Å². The number of Topliss-reactive ketones (excluding diaryl/α,β-unsaturated/α-hetero) is 2. The van der Waals surface area contributed by atoms with E-state index >= 15 is 0 Å². The summed E-state index contributed by atoms with van der Waals surface area (Å²) >= 11 is 0. The lowest BCUT2D eigenvalue weighted by Crippen LogP contribution is -2.20. The predicted octanol–water partition coefficient (Wildman–Crippen LogP) is 1.22. The molecule has 4 heteroatoms. The van der Waals surface area contributed by atoms with Crippen LogP contribution < -0.4 is 0 Å². The Balaban J connectivity index is 2.80. The molecule has 0 aliphatic carbocycles. The van der Waals surface area contributed by atoms with Crippen molar-refractivity contribution in [3.63, 3.8) is 0 Å². The van der Waals surface area contributed by atoms with Gasteiger partial charge >= 0.3 is 0 Å². The molecule has 0 bridgehead atoms. The third-order valence-electron chi connectivity index (χ3n) is 2.21. The fourth-order valence-corrected chi connectivity index (χ4v) is 1.25. The van der Waals surface area contributed by atoms with Crippen LogP contribution in [-0.4, -0.2) is 21.3 Å². The molecule has 0 radical (unpaired) electrons. The van der Waals surface area contributed by atoms with E-state index in [4.69, 9.17) is 0 Å². The minimum atomic E-state index is -0.552. The Morgan fingerprint density at radius 2 is 2.21 bits per heavy atom. The van der Waals surface area contributed by atoms with E-state index in [0.29, 0.717) is 12.0 Å². The van der Waals surface area contributed by atoms with Crippen molar-refractivity contribution >= 4 is 11.6 Å². The number of hydrogen-bond donors (Lipinski definition) is 0. The van der Waals surface area contributed by atoms with Crippen molar-refractivity contribution < 1.29 is 9.59 Å². The van der Waals surface area contributed by atoms with Gasteiger partial charge in [-0.05, 0) is 6.92 Å². The molecular formula is C10H14N2O2. The van der Waals surface area contributed by atoms with Gasteiger partial charge in [0.1, 0.15) is 5.78 Å². The van der Waals surface area contributed by atoms with Crippen LogP contribution in [0.1, 0.15) is 30.6 Å². The maximum atomic E-state index is 11.7. The lowest BCUT2D eigenvalue weighted by Gasteiger charge is -2.05. The van der Waals surface area contributed by atoms with Crippen molar-refractivity contribution in [2.75, 3.05) is 0 Å². The second-order valence-corrected chi connectivity index (χ2v) is 3.31. The normalized spacial score (nSPS) is 12.5. The van der Waals surface area contributed by atoms with E-state index in [-0.39, 0.29) is 11.6 Å². The highest BCUT2D eigenvalue weighted by Crippen LogP contribution is 2.10. The summed E-state index contributed by atoms with van der Waals surface area (Å²) in [6, 6.07) is 0. The minimum Gasteiger partial charge on any atom is -0.299 e. The Morgan fingerprint density at radius 1 is 1.57 bits per heavy atom. The lowest BCUT2D eigenvalue weighted by molar-refractivity contribution is -0.120. The SMILES string of the molecule is CCC(=O)C(C)C(=O)c1cnn(C)c1. The molecule has 0 spiro atoms. The Kier molecular flexibility index (Phi) is 3.17. The molecule has 0 aliphatic rings. The largest absolute Gasteiger partial charge is 0.299 e. The third kappa shape index (κ3) is 2.07. The second kappa shape index (κ2) is 4.17. The van der Waals surface area contributed by atoms with Crippen molar-refractivity contribution in [2.45, 2.75) is 20.3 Å². The molecular weight excluding hydrogens is 180 g/mol. The number of carbonyl (C=O) groups excluding carboxylic acids is 2. The van der Waals surface area contributed by atoms with Gasteiger partial charge < -0.3 is 0 Å². The van der Waals surface area contributed by atoms with Gasteiger partial charge in [0.05, 0.1) is 17.7 Å².